The van der Waals surface area contributed by atoms with Crippen molar-refractivity contribution in [3.63, 3.8) is 0 Å². The third-order valence-electron chi connectivity index (χ3n) is 6.09. The first-order valence-electron chi connectivity index (χ1n) is 11.2. The maximum absolute atomic E-state index is 13.1. The Balaban J connectivity index is 1.87. The molecule has 30 heavy (non-hydrogen) atoms. The molecule has 2 aromatic carbocycles. The number of piperazine rings is 1. The monoisotopic (exact) mass is 405 g/mol. The van der Waals surface area contributed by atoms with Gasteiger partial charge < -0.3 is 4.90 Å². The Morgan fingerprint density at radius 1 is 1.00 bits per heavy atom. The zero-order valence-corrected chi connectivity index (χ0v) is 19.1. The second-order valence-electron chi connectivity index (χ2n) is 8.47. The molecule has 1 aliphatic rings. The number of nitrogens with zero attached hydrogens (tertiary/aromatic N) is 3. The van der Waals surface area contributed by atoms with Crippen molar-refractivity contribution in [2.24, 2.45) is 4.99 Å². The minimum Gasteiger partial charge on any atom is -0.336 e. The van der Waals surface area contributed by atoms with Crippen molar-refractivity contribution in [1.29, 1.82) is 0 Å². The highest BCUT2D eigenvalue weighted by Crippen LogP contribution is 2.22. The average molecular weight is 406 g/mol. The van der Waals surface area contributed by atoms with Gasteiger partial charge in [0.15, 0.2) is 0 Å². The van der Waals surface area contributed by atoms with Crippen LogP contribution in [0.3, 0.4) is 0 Å². The number of aliphatic imine (C=N–C) groups is 1. The number of rotatable bonds is 6. The molecule has 0 saturated carbocycles. The van der Waals surface area contributed by atoms with Crippen LogP contribution in [0.4, 0.5) is 0 Å². The van der Waals surface area contributed by atoms with Gasteiger partial charge in [-0.05, 0) is 44.9 Å². The summed E-state index contributed by atoms with van der Waals surface area (Å²) in [5.41, 5.74) is 3.80. The molecule has 0 aromatic heterocycles. The Kier molecular flexibility index (Phi) is 7.43. The van der Waals surface area contributed by atoms with Crippen LogP contribution in [0.2, 0.25) is 0 Å². The number of hydrogen-bond acceptors (Lipinski definition) is 3. The van der Waals surface area contributed by atoms with Crippen molar-refractivity contribution in [3.05, 3.63) is 59.3 Å². The van der Waals surface area contributed by atoms with Gasteiger partial charge in [-0.1, -0.05) is 55.8 Å². The maximum atomic E-state index is 13.1. The fraction of sp³-hybridized carbons (Fsp3) is 0.462. The van der Waals surface area contributed by atoms with Crippen LogP contribution >= 0.6 is 0 Å². The van der Waals surface area contributed by atoms with E-state index in [9.17, 15) is 4.79 Å². The third kappa shape index (κ3) is 4.99. The van der Waals surface area contributed by atoms with Gasteiger partial charge >= 0.3 is 0 Å². The molecule has 0 spiro atoms. The lowest BCUT2D eigenvalue weighted by Crippen LogP contribution is -2.51. The van der Waals surface area contributed by atoms with E-state index in [0.717, 1.165) is 56.0 Å². The highest BCUT2D eigenvalue weighted by atomic mass is 16.2. The summed E-state index contributed by atoms with van der Waals surface area (Å²) in [5, 5.41) is 2.44. The Labute approximate surface area is 181 Å². The molecule has 0 unspecified atom stereocenters. The third-order valence-corrected chi connectivity index (χ3v) is 6.09. The molecule has 1 heterocycles. The van der Waals surface area contributed by atoms with Crippen LogP contribution < -0.4 is 0 Å². The number of fused-ring (bicyclic) bond motifs is 1. The molecule has 0 radical (unpaired) electrons. The summed E-state index contributed by atoms with van der Waals surface area (Å²) in [4.78, 5) is 22.5. The van der Waals surface area contributed by atoms with Crippen molar-refractivity contribution < 1.29 is 4.79 Å². The molecule has 0 aliphatic carbocycles. The molecular formula is C26H35N3O. The van der Waals surface area contributed by atoms with E-state index in [1.807, 2.05) is 18.7 Å². The number of allylic oxidation sites excluding steroid dienone is 1. The van der Waals surface area contributed by atoms with E-state index in [-0.39, 0.29) is 5.91 Å². The quantitative estimate of drug-likeness (QED) is 0.484. The topological polar surface area (TPSA) is 35.9 Å². The van der Waals surface area contributed by atoms with Crippen LogP contribution in [0, 0.1) is 0 Å². The number of benzene rings is 2. The summed E-state index contributed by atoms with van der Waals surface area (Å²) < 4.78 is 0. The second-order valence-corrected chi connectivity index (χ2v) is 8.47. The molecule has 4 heteroatoms. The van der Waals surface area contributed by atoms with E-state index in [2.05, 4.69) is 68.1 Å². The summed E-state index contributed by atoms with van der Waals surface area (Å²) in [6, 6.07) is 15.3. The van der Waals surface area contributed by atoms with Crippen LogP contribution in [-0.4, -0.2) is 53.6 Å². The molecule has 0 atom stereocenters. The minimum absolute atomic E-state index is 0.119. The molecule has 160 valence electrons. The first-order valence-corrected chi connectivity index (χ1v) is 11.2. The minimum atomic E-state index is 0.119. The lowest BCUT2D eigenvalue weighted by Gasteiger charge is -2.37. The van der Waals surface area contributed by atoms with Gasteiger partial charge in [0.1, 0.15) is 0 Å². The zero-order chi connectivity index (χ0) is 21.7. The van der Waals surface area contributed by atoms with Crippen molar-refractivity contribution in [3.8, 4) is 0 Å². The van der Waals surface area contributed by atoms with Gasteiger partial charge in [-0.25, -0.2) is 0 Å². The molecule has 1 saturated heterocycles. The molecule has 3 rings (SSSR count). The number of hydrogen-bond donors (Lipinski definition) is 0. The molecule has 1 fully saturated rings. The number of amides is 1. The second kappa shape index (κ2) is 10.0. The molecule has 0 N–H and O–H groups in total. The first kappa shape index (κ1) is 22.2. The Morgan fingerprint density at radius 2 is 1.67 bits per heavy atom. The van der Waals surface area contributed by atoms with Crippen molar-refractivity contribution in [2.45, 2.75) is 53.5 Å². The van der Waals surface area contributed by atoms with Gasteiger partial charge in [-0.15, -0.1) is 0 Å². The van der Waals surface area contributed by atoms with Crippen molar-refractivity contribution in [1.82, 2.24) is 9.80 Å². The Bertz CT molecular complexity index is 944. The summed E-state index contributed by atoms with van der Waals surface area (Å²) in [7, 11) is 0. The van der Waals surface area contributed by atoms with Crippen molar-refractivity contribution >= 4 is 22.4 Å². The Morgan fingerprint density at radius 3 is 2.33 bits per heavy atom. The first-order chi connectivity index (χ1) is 14.4. The summed E-state index contributed by atoms with van der Waals surface area (Å²) in [6.07, 6.45) is 1.90. The fourth-order valence-corrected chi connectivity index (χ4v) is 4.08. The van der Waals surface area contributed by atoms with Crippen LogP contribution in [0.15, 0.2) is 58.7 Å². The lowest BCUT2D eigenvalue weighted by molar-refractivity contribution is -0.129. The van der Waals surface area contributed by atoms with Crippen LogP contribution in [0.5, 0.6) is 0 Å². The van der Waals surface area contributed by atoms with Crippen LogP contribution in [-0.2, 0) is 4.79 Å². The van der Waals surface area contributed by atoms with Gasteiger partial charge in [-0.2, -0.15) is 0 Å². The van der Waals surface area contributed by atoms with E-state index in [0.29, 0.717) is 6.04 Å². The van der Waals surface area contributed by atoms with Gasteiger partial charge in [0.2, 0.25) is 0 Å². The maximum Gasteiger partial charge on any atom is 0.251 e. The lowest BCUT2D eigenvalue weighted by atomic mass is 9.98. The van der Waals surface area contributed by atoms with Gasteiger partial charge in [-0.3, -0.25) is 14.7 Å². The predicted molar refractivity (Wildman–Crippen MR) is 127 cm³/mol. The number of carbonyl (C=O) groups excluding carboxylic acids is 1. The van der Waals surface area contributed by atoms with E-state index in [1.165, 1.54) is 16.3 Å². The highest BCUT2D eigenvalue weighted by Gasteiger charge is 2.24. The summed E-state index contributed by atoms with van der Waals surface area (Å²) in [6.45, 7) is 13.9. The molecule has 1 aliphatic heterocycles. The summed E-state index contributed by atoms with van der Waals surface area (Å²) >= 11 is 0. The standard InChI is InChI=1S/C26H35N3O/c1-6-10-25(24-14-9-12-22-11-7-8-13-23(22)24)27-21(5)20(4)26(30)29-17-15-28(16-18-29)19(2)3/h7-9,11-14,19H,6,10,15-18H2,1-5H3/b21-20+,27-25?. The van der Waals surface area contributed by atoms with Crippen LogP contribution in [0.25, 0.3) is 10.8 Å². The molecule has 2 aromatic rings. The molecular weight excluding hydrogens is 370 g/mol. The van der Waals surface area contributed by atoms with E-state index >= 15 is 0 Å². The van der Waals surface area contributed by atoms with E-state index in [1.54, 1.807) is 0 Å². The highest BCUT2D eigenvalue weighted by molar-refractivity contribution is 6.11. The SMILES string of the molecule is CCCC(=N/C(C)=C(\C)C(=O)N1CCN(C(C)C)CC1)c1cccc2ccccc12. The average Bonchev–Trinajstić information content (AvgIpc) is 2.77. The predicted octanol–water partition coefficient (Wildman–Crippen LogP) is 5.28. The van der Waals surface area contributed by atoms with E-state index < -0.39 is 0 Å². The molecule has 1 amide bonds. The largest absolute Gasteiger partial charge is 0.336 e. The van der Waals surface area contributed by atoms with Crippen molar-refractivity contribution in [2.75, 3.05) is 26.2 Å². The van der Waals surface area contributed by atoms with Crippen LogP contribution in [0.1, 0.15) is 53.0 Å². The smallest absolute Gasteiger partial charge is 0.251 e. The normalized spacial score (nSPS) is 16.9. The fourth-order valence-electron chi connectivity index (χ4n) is 4.08. The molecule has 4 nitrogen and oxygen atoms in total. The molecule has 0 bridgehead atoms. The summed E-state index contributed by atoms with van der Waals surface area (Å²) in [5.74, 6) is 0.119. The van der Waals surface area contributed by atoms with E-state index in [4.69, 9.17) is 4.99 Å². The Hall–Kier alpha value is -2.46. The van der Waals surface area contributed by atoms with Gasteiger partial charge in [0.25, 0.3) is 5.91 Å². The number of carbonyl (C=O) groups is 1. The zero-order valence-electron chi connectivity index (χ0n) is 19.1. The van der Waals surface area contributed by atoms with Gasteiger partial charge in [0, 0.05) is 54.8 Å². The van der Waals surface area contributed by atoms with Gasteiger partial charge in [0.05, 0.1) is 0 Å².